The summed E-state index contributed by atoms with van der Waals surface area (Å²) in [6.07, 6.45) is 3.79. The Morgan fingerprint density at radius 1 is 1.07 bits per heavy atom. The van der Waals surface area contributed by atoms with E-state index in [4.69, 9.17) is 9.47 Å². The number of likely N-dealkylation sites (tertiary alicyclic amines) is 1. The topological polar surface area (TPSA) is 99.6 Å². The van der Waals surface area contributed by atoms with Crippen molar-refractivity contribution in [3.05, 3.63) is 79.9 Å². The smallest absolute Gasteiger partial charge is 0.253 e. The Labute approximate surface area is 240 Å². The zero-order valence-electron chi connectivity index (χ0n) is 23.5. The van der Waals surface area contributed by atoms with Gasteiger partial charge in [0.2, 0.25) is 11.8 Å². The summed E-state index contributed by atoms with van der Waals surface area (Å²) >= 11 is 0. The van der Waals surface area contributed by atoms with E-state index < -0.39 is 35.6 Å². The molecular weight excluding hydrogens is 522 g/mol. The fraction of sp³-hybridized carbons (Fsp3) is 0.406. The Hall–Kier alpha value is -3.95. The van der Waals surface area contributed by atoms with Gasteiger partial charge < -0.3 is 29.3 Å². The average Bonchev–Trinajstić information content (AvgIpc) is 3.65. The number of para-hydroxylation sites is 1. The number of nitrogens with zero attached hydrogens (tertiary/aromatic N) is 3. The predicted octanol–water partition coefficient (Wildman–Crippen LogP) is 3.19. The summed E-state index contributed by atoms with van der Waals surface area (Å²) in [5.74, 6) is -1.89. The summed E-state index contributed by atoms with van der Waals surface area (Å²) in [6.45, 7) is 9.50. The molecule has 5 rings (SSSR count). The minimum Gasteiger partial charge on any atom is -0.497 e. The second-order valence-electron chi connectivity index (χ2n) is 10.8. The number of hydrogen-bond acceptors (Lipinski definition) is 6. The van der Waals surface area contributed by atoms with Crippen LogP contribution in [0.5, 0.6) is 5.75 Å². The van der Waals surface area contributed by atoms with Gasteiger partial charge in [0.25, 0.3) is 5.91 Å². The molecule has 2 aromatic rings. The Bertz CT molecular complexity index is 1310. The number of carbonyl (C=O) groups is 3. The number of benzene rings is 2. The highest BCUT2D eigenvalue weighted by molar-refractivity contribution is 6.06. The molecule has 3 fully saturated rings. The van der Waals surface area contributed by atoms with Crippen LogP contribution >= 0.6 is 0 Å². The van der Waals surface area contributed by atoms with Crippen molar-refractivity contribution in [2.24, 2.45) is 11.8 Å². The third-order valence-corrected chi connectivity index (χ3v) is 8.60. The summed E-state index contributed by atoms with van der Waals surface area (Å²) in [4.78, 5) is 47.6. The van der Waals surface area contributed by atoms with Crippen molar-refractivity contribution in [3.63, 3.8) is 0 Å². The van der Waals surface area contributed by atoms with E-state index >= 15 is 0 Å². The molecule has 3 saturated heterocycles. The number of fused-ring (bicyclic) bond motifs is 1. The first-order valence-corrected chi connectivity index (χ1v) is 14.0. The molecule has 0 radical (unpaired) electrons. The largest absolute Gasteiger partial charge is 0.497 e. The minimum atomic E-state index is -1.19. The Morgan fingerprint density at radius 2 is 1.68 bits per heavy atom. The van der Waals surface area contributed by atoms with E-state index in [-0.39, 0.29) is 37.4 Å². The van der Waals surface area contributed by atoms with Gasteiger partial charge in [-0.1, -0.05) is 30.4 Å². The van der Waals surface area contributed by atoms with Gasteiger partial charge in [-0.15, -0.1) is 13.2 Å². The quantitative estimate of drug-likeness (QED) is 0.425. The van der Waals surface area contributed by atoms with E-state index in [1.807, 2.05) is 30.3 Å². The van der Waals surface area contributed by atoms with Crippen molar-refractivity contribution in [2.45, 2.75) is 43.6 Å². The lowest BCUT2D eigenvalue weighted by molar-refractivity contribution is -0.143. The fourth-order valence-corrected chi connectivity index (χ4v) is 6.82. The second-order valence-corrected chi connectivity index (χ2v) is 10.8. The molecule has 41 heavy (non-hydrogen) atoms. The summed E-state index contributed by atoms with van der Waals surface area (Å²) in [6, 6.07) is 14.7. The molecular formula is C32H37N3O6. The molecule has 9 nitrogen and oxygen atoms in total. The molecule has 6 atom stereocenters. The normalized spacial score (nSPS) is 26.8. The molecule has 2 aromatic carbocycles. The number of carbonyl (C=O) groups excluding carboxylic acids is 3. The molecule has 1 N–H and O–H groups in total. The highest BCUT2D eigenvalue weighted by Gasteiger charge is 2.75. The first kappa shape index (κ1) is 28.6. The summed E-state index contributed by atoms with van der Waals surface area (Å²) < 4.78 is 11.9. The van der Waals surface area contributed by atoms with E-state index in [1.165, 1.54) is 4.90 Å². The summed E-state index contributed by atoms with van der Waals surface area (Å²) in [5, 5.41) is 10.2. The maximum Gasteiger partial charge on any atom is 0.253 e. The number of aliphatic hydroxyl groups is 1. The molecule has 216 valence electrons. The number of rotatable bonds is 11. The van der Waals surface area contributed by atoms with E-state index in [1.54, 1.807) is 60.3 Å². The van der Waals surface area contributed by atoms with Gasteiger partial charge in [-0.3, -0.25) is 14.4 Å². The monoisotopic (exact) mass is 559 g/mol. The van der Waals surface area contributed by atoms with Crippen LogP contribution in [0.4, 0.5) is 11.4 Å². The number of hydrogen-bond donors (Lipinski definition) is 1. The first-order chi connectivity index (χ1) is 19.8. The van der Waals surface area contributed by atoms with E-state index in [0.29, 0.717) is 30.0 Å². The van der Waals surface area contributed by atoms with Crippen molar-refractivity contribution in [2.75, 3.05) is 36.6 Å². The van der Waals surface area contributed by atoms with Crippen molar-refractivity contribution in [3.8, 4) is 5.75 Å². The number of aliphatic hydroxyl groups excluding tert-OH is 1. The van der Waals surface area contributed by atoms with Crippen LogP contribution in [0.15, 0.2) is 79.9 Å². The third-order valence-electron chi connectivity index (χ3n) is 8.60. The standard InChI is InChI=1S/C32H37N3O6/c1-5-18-33(22-10-8-7-9-11-22)29(37)26-25-16-17-32(41-25)27(26)30(38)35(21(3)20-36)28(32)31(39)34(19-6-2)23-12-14-24(40-4)15-13-23/h5-15,21,25-28,36H,1-2,16-20H2,3-4H3/t21-,25-,26+,27+,28?,32?/m1/s1. The average molecular weight is 560 g/mol. The number of anilines is 2. The maximum atomic E-state index is 14.5. The van der Waals surface area contributed by atoms with Gasteiger partial charge in [-0.05, 0) is 56.2 Å². The van der Waals surface area contributed by atoms with Crippen LogP contribution in [0, 0.1) is 11.8 Å². The molecule has 3 aliphatic heterocycles. The van der Waals surface area contributed by atoms with Gasteiger partial charge in [0.1, 0.15) is 17.4 Å². The number of methoxy groups -OCH3 is 1. The highest BCUT2D eigenvalue weighted by atomic mass is 16.5. The van der Waals surface area contributed by atoms with Crippen molar-refractivity contribution >= 4 is 29.1 Å². The van der Waals surface area contributed by atoms with Crippen LogP contribution in [0.3, 0.4) is 0 Å². The van der Waals surface area contributed by atoms with Crippen LogP contribution in [0.2, 0.25) is 0 Å². The SMILES string of the molecule is C=CCN(C(=O)C1N([C@H](C)CO)C(=O)[C@@H]2[C@@H](C(=O)N(CC=C)c3ccccc3)[C@H]3CCC12O3)c1ccc(OC)cc1. The molecule has 3 heterocycles. The van der Waals surface area contributed by atoms with Gasteiger partial charge in [0.05, 0.1) is 37.7 Å². The predicted molar refractivity (Wildman–Crippen MR) is 156 cm³/mol. The van der Waals surface area contributed by atoms with Crippen LogP contribution in [0.25, 0.3) is 0 Å². The van der Waals surface area contributed by atoms with Crippen LogP contribution in [0.1, 0.15) is 19.8 Å². The summed E-state index contributed by atoms with van der Waals surface area (Å²) in [7, 11) is 1.57. The maximum absolute atomic E-state index is 14.5. The van der Waals surface area contributed by atoms with E-state index in [2.05, 4.69) is 13.2 Å². The fourth-order valence-electron chi connectivity index (χ4n) is 6.82. The second kappa shape index (κ2) is 11.5. The molecule has 0 saturated carbocycles. The van der Waals surface area contributed by atoms with Crippen molar-refractivity contribution in [1.82, 2.24) is 4.90 Å². The molecule has 0 aromatic heterocycles. The lowest BCUT2D eigenvalue weighted by atomic mass is 9.70. The first-order valence-electron chi connectivity index (χ1n) is 14.0. The molecule has 2 bridgehead atoms. The number of ether oxygens (including phenoxy) is 2. The van der Waals surface area contributed by atoms with Crippen LogP contribution in [-0.2, 0) is 19.1 Å². The van der Waals surface area contributed by atoms with Gasteiger partial charge in [0, 0.05) is 24.5 Å². The van der Waals surface area contributed by atoms with Gasteiger partial charge in [-0.2, -0.15) is 0 Å². The van der Waals surface area contributed by atoms with Crippen molar-refractivity contribution in [1.29, 1.82) is 0 Å². The van der Waals surface area contributed by atoms with Gasteiger partial charge in [-0.25, -0.2) is 0 Å². The summed E-state index contributed by atoms with van der Waals surface area (Å²) in [5.41, 5.74) is 0.121. The van der Waals surface area contributed by atoms with E-state index in [9.17, 15) is 19.5 Å². The van der Waals surface area contributed by atoms with Crippen LogP contribution < -0.4 is 14.5 Å². The Kier molecular flexibility index (Phi) is 8.02. The van der Waals surface area contributed by atoms with Crippen LogP contribution in [-0.4, -0.2) is 78.3 Å². The molecule has 9 heteroatoms. The molecule has 2 unspecified atom stereocenters. The van der Waals surface area contributed by atoms with Crippen molar-refractivity contribution < 1.29 is 29.0 Å². The zero-order chi connectivity index (χ0) is 29.3. The molecule has 1 spiro atoms. The van der Waals surface area contributed by atoms with Gasteiger partial charge >= 0.3 is 0 Å². The number of amides is 3. The minimum absolute atomic E-state index is 0.199. The zero-order valence-corrected chi connectivity index (χ0v) is 23.5. The van der Waals surface area contributed by atoms with Gasteiger partial charge in [0.15, 0.2) is 0 Å². The highest BCUT2D eigenvalue weighted by Crippen LogP contribution is 2.59. The Morgan fingerprint density at radius 3 is 2.27 bits per heavy atom. The Balaban J connectivity index is 1.56. The lowest BCUT2D eigenvalue weighted by Gasteiger charge is -2.38. The lowest BCUT2D eigenvalue weighted by Crippen LogP contribution is -2.58. The third kappa shape index (κ3) is 4.63. The molecule has 3 aliphatic rings. The molecule has 0 aliphatic carbocycles. The molecule has 3 amide bonds. The van der Waals surface area contributed by atoms with E-state index in [0.717, 1.165) is 0 Å².